The zero-order valence-corrected chi connectivity index (χ0v) is 17.6. The smallest absolute Gasteiger partial charge is 0.294 e. The summed E-state index contributed by atoms with van der Waals surface area (Å²) in [5.41, 5.74) is 0.364. The van der Waals surface area contributed by atoms with E-state index >= 15 is 0 Å². The molecule has 3 aromatic carbocycles. The number of hydrogen-bond donors (Lipinski definition) is 4. The molecule has 0 amide bonds. The highest BCUT2D eigenvalue weighted by molar-refractivity contribution is 7.92. The van der Waals surface area contributed by atoms with E-state index in [-0.39, 0.29) is 15.7 Å². The molecule has 0 atom stereocenters. The summed E-state index contributed by atoms with van der Waals surface area (Å²) < 4.78 is 92.2. The van der Waals surface area contributed by atoms with E-state index in [4.69, 9.17) is 0 Å². The number of anilines is 1. The molecular formula is C17H15NO9S3. The molecule has 0 fully saturated rings. The Labute approximate surface area is 172 Å². The van der Waals surface area contributed by atoms with E-state index in [0.717, 1.165) is 23.8 Å². The Morgan fingerprint density at radius 2 is 1.23 bits per heavy atom. The Hall–Kier alpha value is -2.71. The first-order valence-corrected chi connectivity index (χ1v) is 12.4. The molecule has 10 nitrogen and oxygen atoms in total. The third kappa shape index (κ3) is 4.39. The third-order valence-electron chi connectivity index (χ3n) is 4.15. The Morgan fingerprint density at radius 3 is 1.73 bits per heavy atom. The van der Waals surface area contributed by atoms with Crippen molar-refractivity contribution in [3.8, 4) is 5.75 Å². The first-order valence-electron chi connectivity index (χ1n) is 8.04. The predicted molar refractivity (Wildman–Crippen MR) is 107 cm³/mol. The van der Waals surface area contributed by atoms with Crippen LogP contribution in [0.5, 0.6) is 5.75 Å². The zero-order chi connectivity index (χ0) is 22.5. The van der Waals surface area contributed by atoms with Crippen molar-refractivity contribution in [2.45, 2.75) is 21.6 Å². The summed E-state index contributed by atoms with van der Waals surface area (Å²) >= 11 is 0. The lowest BCUT2D eigenvalue weighted by atomic mass is 10.1. The molecule has 0 spiro atoms. The van der Waals surface area contributed by atoms with Gasteiger partial charge in [-0.3, -0.25) is 13.8 Å². The summed E-state index contributed by atoms with van der Waals surface area (Å²) in [6.07, 6.45) is 0. The van der Waals surface area contributed by atoms with Gasteiger partial charge in [-0.2, -0.15) is 16.8 Å². The summed E-state index contributed by atoms with van der Waals surface area (Å²) in [5, 5.41) is 9.76. The van der Waals surface area contributed by atoms with Crippen molar-refractivity contribution in [3.63, 3.8) is 0 Å². The number of phenols is 1. The molecular weight excluding hydrogens is 458 g/mol. The van der Waals surface area contributed by atoms with Gasteiger partial charge in [0.2, 0.25) is 0 Å². The first kappa shape index (κ1) is 22.0. The summed E-state index contributed by atoms with van der Waals surface area (Å²) in [6, 6.07) is 8.79. The van der Waals surface area contributed by atoms with Gasteiger partial charge in [-0.15, -0.1) is 0 Å². The molecule has 160 valence electrons. The average Bonchev–Trinajstić information content (AvgIpc) is 2.59. The van der Waals surface area contributed by atoms with Crippen molar-refractivity contribution in [3.05, 3.63) is 54.1 Å². The number of rotatable bonds is 5. The quantitative estimate of drug-likeness (QED) is 0.404. The highest BCUT2D eigenvalue weighted by Gasteiger charge is 2.22. The van der Waals surface area contributed by atoms with Crippen LogP contribution in [0.25, 0.3) is 10.8 Å². The highest BCUT2D eigenvalue weighted by Crippen LogP contribution is 2.37. The molecule has 0 radical (unpaired) electrons. The van der Waals surface area contributed by atoms with Crippen molar-refractivity contribution in [2.24, 2.45) is 0 Å². The number of sulfonamides is 1. The van der Waals surface area contributed by atoms with E-state index in [9.17, 15) is 39.5 Å². The van der Waals surface area contributed by atoms with Crippen LogP contribution in [0.3, 0.4) is 0 Å². The number of aromatic hydroxyl groups is 1. The summed E-state index contributed by atoms with van der Waals surface area (Å²) in [7, 11) is -13.8. The molecule has 0 aliphatic rings. The van der Waals surface area contributed by atoms with Gasteiger partial charge >= 0.3 is 0 Å². The van der Waals surface area contributed by atoms with Crippen molar-refractivity contribution >= 4 is 46.7 Å². The maximum Gasteiger partial charge on any atom is 0.294 e. The molecule has 0 aromatic heterocycles. The molecule has 3 rings (SSSR count). The zero-order valence-electron chi connectivity index (χ0n) is 15.1. The maximum atomic E-state index is 12.7. The van der Waals surface area contributed by atoms with Crippen molar-refractivity contribution < 1.29 is 39.5 Å². The van der Waals surface area contributed by atoms with E-state index in [1.807, 2.05) is 0 Å². The van der Waals surface area contributed by atoms with Gasteiger partial charge in [-0.1, -0.05) is 17.7 Å². The van der Waals surface area contributed by atoms with Crippen molar-refractivity contribution in [1.82, 2.24) is 0 Å². The molecule has 13 heteroatoms. The van der Waals surface area contributed by atoms with Crippen LogP contribution in [0.1, 0.15) is 5.56 Å². The second-order valence-electron chi connectivity index (χ2n) is 6.38. The molecule has 0 saturated heterocycles. The van der Waals surface area contributed by atoms with Gasteiger partial charge < -0.3 is 5.11 Å². The Bertz CT molecular complexity index is 1470. The largest absolute Gasteiger partial charge is 0.507 e. The number of phenolic OH excluding ortho intramolecular Hbond substituents is 1. The van der Waals surface area contributed by atoms with Crippen LogP contribution in [-0.4, -0.2) is 39.5 Å². The summed E-state index contributed by atoms with van der Waals surface area (Å²) in [5.74, 6) is -0.747. The highest BCUT2D eigenvalue weighted by atomic mass is 32.2. The van der Waals surface area contributed by atoms with Crippen LogP contribution in [0, 0.1) is 6.92 Å². The molecule has 0 unspecified atom stereocenters. The van der Waals surface area contributed by atoms with E-state index < -0.39 is 51.5 Å². The molecule has 0 heterocycles. The average molecular weight is 474 g/mol. The van der Waals surface area contributed by atoms with Gasteiger partial charge in [-0.25, -0.2) is 8.42 Å². The maximum absolute atomic E-state index is 12.7. The number of aryl methyl sites for hydroxylation is 1. The second kappa shape index (κ2) is 7.21. The van der Waals surface area contributed by atoms with Gasteiger partial charge in [-0.05, 0) is 42.6 Å². The Balaban J connectivity index is 2.31. The van der Waals surface area contributed by atoms with Gasteiger partial charge in [0.15, 0.2) is 0 Å². The van der Waals surface area contributed by atoms with Crippen LogP contribution in [0.15, 0.2) is 63.2 Å². The minimum absolute atomic E-state index is 0.160. The normalized spacial score (nSPS) is 12.8. The third-order valence-corrected chi connectivity index (χ3v) is 7.19. The van der Waals surface area contributed by atoms with Crippen LogP contribution in [0.2, 0.25) is 0 Å². The summed E-state index contributed by atoms with van der Waals surface area (Å²) in [6.45, 7) is 1.75. The molecule has 30 heavy (non-hydrogen) atoms. The van der Waals surface area contributed by atoms with Crippen LogP contribution < -0.4 is 4.72 Å². The SMILES string of the molecule is Cc1ccc(S(=O)(=O)Nc2cc(S(=O)(=O)O)cc3cc(S(=O)(=O)O)cc(O)c23)cc1. The number of benzene rings is 3. The fourth-order valence-electron chi connectivity index (χ4n) is 2.74. The lowest BCUT2D eigenvalue weighted by molar-refractivity contribution is 0.471. The molecule has 4 N–H and O–H groups in total. The van der Waals surface area contributed by atoms with Gasteiger partial charge in [0, 0.05) is 11.5 Å². The molecule has 3 aromatic rings. The van der Waals surface area contributed by atoms with Crippen LogP contribution in [-0.2, 0) is 30.3 Å². The predicted octanol–water partition coefficient (Wildman–Crippen LogP) is 2.15. The van der Waals surface area contributed by atoms with Crippen molar-refractivity contribution in [1.29, 1.82) is 0 Å². The number of fused-ring (bicyclic) bond motifs is 1. The molecule has 0 bridgehead atoms. The van der Waals surface area contributed by atoms with Gasteiger partial charge in [0.25, 0.3) is 30.3 Å². The Kier molecular flexibility index (Phi) is 5.28. The van der Waals surface area contributed by atoms with E-state index in [0.29, 0.717) is 6.07 Å². The molecule has 0 saturated carbocycles. The molecule has 0 aliphatic heterocycles. The second-order valence-corrected chi connectivity index (χ2v) is 10.9. The monoisotopic (exact) mass is 473 g/mol. The number of hydrogen-bond acceptors (Lipinski definition) is 7. The van der Waals surface area contributed by atoms with E-state index in [2.05, 4.69) is 4.72 Å². The fourth-order valence-corrected chi connectivity index (χ4v) is 4.88. The lowest BCUT2D eigenvalue weighted by Crippen LogP contribution is -2.14. The minimum atomic E-state index is -4.83. The standard InChI is InChI=1S/C17H15NO9S3/c1-10-2-4-12(5-3-10)28(20,21)18-15-8-13(29(22,23)24)6-11-7-14(30(25,26)27)9-16(19)17(11)15/h2-9,18-19H,1H3,(H,22,23,24)(H,25,26,27). The van der Waals surface area contributed by atoms with E-state index in [1.54, 1.807) is 6.92 Å². The summed E-state index contributed by atoms with van der Waals surface area (Å²) in [4.78, 5) is -1.68. The van der Waals surface area contributed by atoms with Crippen LogP contribution in [0.4, 0.5) is 5.69 Å². The lowest BCUT2D eigenvalue weighted by Gasteiger charge is -2.14. The number of nitrogens with one attached hydrogen (secondary N) is 1. The van der Waals surface area contributed by atoms with E-state index in [1.165, 1.54) is 24.3 Å². The fraction of sp³-hybridized carbons (Fsp3) is 0.0588. The van der Waals surface area contributed by atoms with Gasteiger partial charge in [0.05, 0.1) is 20.4 Å². The molecule has 0 aliphatic carbocycles. The minimum Gasteiger partial charge on any atom is -0.507 e. The van der Waals surface area contributed by atoms with Gasteiger partial charge in [0.1, 0.15) is 5.75 Å². The topological polar surface area (TPSA) is 175 Å². The van der Waals surface area contributed by atoms with Crippen molar-refractivity contribution in [2.75, 3.05) is 4.72 Å². The first-order chi connectivity index (χ1) is 13.7. The Morgan fingerprint density at radius 1 is 0.733 bits per heavy atom. The van der Waals surface area contributed by atoms with Crippen LogP contribution >= 0.6 is 0 Å².